The first-order valence-electron chi connectivity index (χ1n) is 7.39. The number of para-hydroxylation sites is 1. The van der Waals surface area contributed by atoms with Crippen molar-refractivity contribution in [1.29, 1.82) is 0 Å². The molecule has 0 aliphatic rings. The van der Waals surface area contributed by atoms with E-state index in [0.29, 0.717) is 0 Å². The van der Waals surface area contributed by atoms with Crippen molar-refractivity contribution in [3.05, 3.63) is 78.9 Å². The number of halogens is 1. The van der Waals surface area contributed by atoms with Gasteiger partial charge in [-0.25, -0.2) is 4.98 Å². The Bertz CT molecular complexity index is 994. The van der Waals surface area contributed by atoms with E-state index in [1.54, 1.807) is 0 Å². The minimum atomic E-state index is -4.69. The molecule has 1 N–H and O–H groups in total. The van der Waals surface area contributed by atoms with Crippen molar-refractivity contribution < 1.29 is 28.9 Å². The van der Waals surface area contributed by atoms with Crippen LogP contribution in [0.25, 0.3) is 32.9 Å². The second-order valence-corrected chi connectivity index (χ2v) is 6.11. The zero-order valence-corrected chi connectivity index (χ0v) is 13.8. The molecule has 0 fully saturated rings. The van der Waals surface area contributed by atoms with E-state index in [0.717, 1.165) is 11.0 Å². The second kappa shape index (κ2) is 7.14. The average molecular weight is 356 g/mol. The Morgan fingerprint density at radius 2 is 1.32 bits per heavy atom. The topological polar surface area (TPSA) is 102 Å². The molecular weight excluding hydrogens is 342 g/mol. The van der Waals surface area contributed by atoms with Gasteiger partial charge in [-0.05, 0) is 29.3 Å². The second-order valence-electron chi connectivity index (χ2n) is 5.32. The third kappa shape index (κ3) is 4.51. The van der Waals surface area contributed by atoms with Crippen LogP contribution in [0.1, 0.15) is 0 Å². The van der Waals surface area contributed by atoms with Gasteiger partial charge in [0.1, 0.15) is 0 Å². The number of nitrogens with zero attached hydrogens (tertiary/aromatic N) is 1. The molecule has 0 radical (unpaired) electrons. The lowest BCUT2D eigenvalue weighted by atomic mass is 9.99. The summed E-state index contributed by atoms with van der Waals surface area (Å²) in [4.78, 5) is 4.76. The lowest BCUT2D eigenvalue weighted by molar-refractivity contribution is -1.92. The lowest BCUT2D eigenvalue weighted by Crippen LogP contribution is -2.58. The molecular formula is C19H14ClNO4. The van der Waals surface area contributed by atoms with Crippen LogP contribution >= 0.6 is 0 Å². The van der Waals surface area contributed by atoms with Crippen molar-refractivity contribution in [2.45, 2.75) is 0 Å². The molecule has 0 unspecified atom stereocenters. The maximum absolute atomic E-state index is 8.60. The van der Waals surface area contributed by atoms with Crippen molar-refractivity contribution in [3.8, 4) is 11.1 Å². The zero-order valence-electron chi connectivity index (χ0n) is 13.0. The lowest BCUT2D eigenvalue weighted by Gasteiger charge is -2.08. The molecule has 0 amide bonds. The quantitative estimate of drug-likeness (QED) is 0.512. The summed E-state index contributed by atoms with van der Waals surface area (Å²) < 4.78 is 32.7. The smallest absolute Gasteiger partial charge is 0.0777 e. The molecule has 0 aliphatic carbocycles. The minimum absolute atomic E-state index is 1.05. The van der Waals surface area contributed by atoms with Crippen LogP contribution < -0.4 is 14.0 Å². The number of hydrogen-bond donors (Lipinski definition) is 1. The van der Waals surface area contributed by atoms with E-state index < -0.39 is 10.2 Å². The third-order valence-electron chi connectivity index (χ3n) is 3.65. The maximum Gasteiger partial charge on any atom is 0.0777 e. The average Bonchev–Trinajstić information content (AvgIpc) is 2.59. The first kappa shape index (κ1) is 17.3. The maximum atomic E-state index is 8.60. The summed E-state index contributed by atoms with van der Waals surface area (Å²) in [5.41, 5.74) is 4.56. The van der Waals surface area contributed by atoms with E-state index in [-0.39, 0.29) is 0 Å². The number of rotatable bonds is 1. The molecule has 25 heavy (non-hydrogen) atoms. The highest BCUT2D eigenvalue weighted by molar-refractivity contribution is 6.00. The van der Waals surface area contributed by atoms with Crippen LogP contribution in [0.4, 0.5) is 0 Å². The van der Waals surface area contributed by atoms with Crippen LogP contribution in [0.15, 0.2) is 78.9 Å². The molecule has 5 nitrogen and oxygen atoms in total. The predicted molar refractivity (Wildman–Crippen MR) is 86.9 cm³/mol. The van der Waals surface area contributed by atoms with Crippen molar-refractivity contribution in [3.63, 3.8) is 0 Å². The SMILES string of the molecule is [O-][Cl+3]([O-])([O-])O.c1ccc(-c2cccc3nc4ccccc4cc23)cc1. The van der Waals surface area contributed by atoms with Crippen molar-refractivity contribution in [2.75, 3.05) is 0 Å². The summed E-state index contributed by atoms with van der Waals surface area (Å²) >= 11 is 0. The van der Waals surface area contributed by atoms with Gasteiger partial charge in [-0.2, -0.15) is 14.0 Å². The van der Waals surface area contributed by atoms with Crippen LogP contribution in [0.5, 0.6) is 0 Å². The number of pyridine rings is 1. The summed E-state index contributed by atoms with van der Waals surface area (Å²) in [5.74, 6) is 0. The van der Waals surface area contributed by atoms with Gasteiger partial charge in [0.05, 0.1) is 25.9 Å². The highest BCUT2D eigenvalue weighted by Crippen LogP contribution is 2.29. The molecule has 0 bridgehead atoms. The fourth-order valence-corrected chi connectivity index (χ4v) is 2.67. The fraction of sp³-hybridized carbons (Fsp3) is 0. The van der Waals surface area contributed by atoms with Gasteiger partial charge in [-0.1, -0.05) is 60.7 Å². The molecule has 0 saturated heterocycles. The molecule has 0 atom stereocenters. The molecule has 4 rings (SSSR count). The third-order valence-corrected chi connectivity index (χ3v) is 3.65. The molecule has 1 aromatic heterocycles. The van der Waals surface area contributed by atoms with E-state index in [1.165, 1.54) is 21.9 Å². The summed E-state index contributed by atoms with van der Waals surface area (Å²) in [7, 11) is -4.69. The van der Waals surface area contributed by atoms with Crippen LogP contribution in [0.2, 0.25) is 0 Å². The van der Waals surface area contributed by atoms with Gasteiger partial charge in [0.2, 0.25) is 0 Å². The first-order chi connectivity index (χ1) is 11.9. The molecule has 0 saturated carbocycles. The zero-order chi connectivity index (χ0) is 17.9. The van der Waals surface area contributed by atoms with E-state index in [1.807, 2.05) is 12.1 Å². The predicted octanol–water partition coefficient (Wildman–Crippen LogP) is 0.931. The Balaban J connectivity index is 0.000000324. The molecule has 0 spiro atoms. The monoisotopic (exact) mass is 355 g/mol. The van der Waals surface area contributed by atoms with Crippen molar-refractivity contribution >= 4 is 21.8 Å². The molecule has 4 aromatic rings. The fourth-order valence-electron chi connectivity index (χ4n) is 2.67. The first-order valence-corrected chi connectivity index (χ1v) is 8.65. The summed E-state index contributed by atoms with van der Waals surface area (Å²) in [5, 5.41) is 2.39. The number of aromatic nitrogens is 1. The van der Waals surface area contributed by atoms with Crippen LogP contribution in [-0.4, -0.2) is 9.64 Å². The van der Waals surface area contributed by atoms with Crippen LogP contribution in [0.3, 0.4) is 0 Å². The summed E-state index contributed by atoms with van der Waals surface area (Å²) in [6.07, 6.45) is 0. The van der Waals surface area contributed by atoms with E-state index in [4.69, 9.17) is 23.6 Å². The summed E-state index contributed by atoms with van der Waals surface area (Å²) in [6.45, 7) is 0. The van der Waals surface area contributed by atoms with Gasteiger partial charge in [-0.3, -0.25) is 0 Å². The van der Waals surface area contributed by atoms with Gasteiger partial charge in [0.25, 0.3) is 0 Å². The van der Waals surface area contributed by atoms with Crippen molar-refractivity contribution in [1.82, 2.24) is 4.98 Å². The number of fused-ring (bicyclic) bond motifs is 2. The van der Waals surface area contributed by atoms with Gasteiger partial charge in [0, 0.05) is 10.8 Å². The van der Waals surface area contributed by atoms with Gasteiger partial charge < -0.3 is 0 Å². The van der Waals surface area contributed by atoms with Gasteiger partial charge >= 0.3 is 0 Å². The van der Waals surface area contributed by atoms with E-state index in [2.05, 4.69) is 66.7 Å². The standard InChI is InChI=1S/C19H13N.ClHO4/c1-2-7-14(8-3-1)16-10-6-12-19-17(16)13-15-9-4-5-11-18(15)20-19;2-1(3,4)5/h1-13H;(H,2,3,4,5). The normalized spacial score (nSPS) is 11.2. The van der Waals surface area contributed by atoms with E-state index in [9.17, 15) is 0 Å². The Morgan fingerprint density at radius 3 is 2.04 bits per heavy atom. The van der Waals surface area contributed by atoms with Gasteiger partial charge in [-0.15, -0.1) is 0 Å². The Kier molecular flexibility index (Phi) is 4.94. The highest BCUT2D eigenvalue weighted by Gasteiger charge is 2.05. The largest absolute Gasteiger partial charge is 0.248 e. The van der Waals surface area contributed by atoms with Crippen molar-refractivity contribution in [2.24, 2.45) is 0 Å². The minimum Gasteiger partial charge on any atom is -0.248 e. The molecule has 0 aliphatic heterocycles. The Hall–Kier alpha value is -2.54. The summed E-state index contributed by atoms with van der Waals surface area (Å²) in [6, 6.07) is 27.3. The molecule has 3 aromatic carbocycles. The van der Waals surface area contributed by atoms with Crippen LogP contribution in [0, 0.1) is 10.2 Å². The number of benzene rings is 3. The van der Waals surface area contributed by atoms with Gasteiger partial charge in [0.15, 0.2) is 0 Å². The molecule has 126 valence electrons. The number of hydrogen-bond acceptors (Lipinski definition) is 5. The molecule has 6 heteroatoms. The van der Waals surface area contributed by atoms with Crippen LogP contribution in [-0.2, 0) is 0 Å². The highest BCUT2D eigenvalue weighted by atomic mass is 35.7. The Morgan fingerprint density at radius 1 is 0.720 bits per heavy atom. The van der Waals surface area contributed by atoms with E-state index >= 15 is 0 Å². The Labute approximate surface area is 146 Å². The molecule has 1 heterocycles.